The second kappa shape index (κ2) is 12.3. The standard InChI is InChI=1S/C24H38F3N5O/c1-6-8-20(21-15-22(23(28)29-16-21)33-24(25,26)27)17-32(19(4)18(2)3)10-7-9-31-13-11-30(5)12-14-31/h15-18H,4,6-14H2,1-3,5H3,(H2,28,29)/b20-17+. The lowest BCUT2D eigenvalue weighted by molar-refractivity contribution is -0.274. The number of pyridine rings is 1. The topological polar surface area (TPSA) is 57.9 Å². The predicted octanol–water partition coefficient (Wildman–Crippen LogP) is 4.81. The molecule has 0 saturated carbocycles. The Kier molecular flexibility index (Phi) is 10.0. The highest BCUT2D eigenvalue weighted by molar-refractivity contribution is 5.68. The molecule has 33 heavy (non-hydrogen) atoms. The smallest absolute Gasteiger partial charge is 0.402 e. The van der Waals surface area contributed by atoms with Gasteiger partial charge in [0.15, 0.2) is 11.6 Å². The van der Waals surface area contributed by atoms with Gasteiger partial charge in [-0.1, -0.05) is 33.8 Å². The molecule has 2 N–H and O–H groups in total. The van der Waals surface area contributed by atoms with Gasteiger partial charge in [0.1, 0.15) is 0 Å². The molecule has 0 spiro atoms. The number of nitrogens with zero attached hydrogens (tertiary/aromatic N) is 4. The van der Waals surface area contributed by atoms with E-state index in [2.05, 4.69) is 51.9 Å². The molecule has 1 aliphatic rings. The molecule has 2 rings (SSSR count). The summed E-state index contributed by atoms with van der Waals surface area (Å²) in [7, 11) is 2.14. The van der Waals surface area contributed by atoms with Crippen LogP contribution in [-0.2, 0) is 0 Å². The molecule has 0 atom stereocenters. The molecule has 1 fully saturated rings. The molecule has 2 heterocycles. The van der Waals surface area contributed by atoms with Crippen molar-refractivity contribution in [2.45, 2.75) is 46.4 Å². The van der Waals surface area contributed by atoms with Crippen molar-refractivity contribution < 1.29 is 17.9 Å². The number of likely N-dealkylation sites (N-methyl/N-ethyl adjacent to an activating group) is 1. The number of anilines is 1. The number of alkyl halides is 3. The molecule has 1 aromatic rings. The van der Waals surface area contributed by atoms with Gasteiger partial charge in [-0.2, -0.15) is 0 Å². The fraction of sp³-hybridized carbons (Fsp3) is 0.625. The van der Waals surface area contributed by atoms with Gasteiger partial charge in [0.2, 0.25) is 0 Å². The Bertz CT molecular complexity index is 802. The lowest BCUT2D eigenvalue weighted by Gasteiger charge is -2.33. The largest absolute Gasteiger partial charge is 0.573 e. The minimum Gasteiger partial charge on any atom is -0.402 e. The van der Waals surface area contributed by atoms with E-state index in [9.17, 15) is 13.2 Å². The van der Waals surface area contributed by atoms with Gasteiger partial charge in [0, 0.05) is 56.4 Å². The van der Waals surface area contributed by atoms with Gasteiger partial charge in [-0.05, 0) is 44.0 Å². The van der Waals surface area contributed by atoms with Gasteiger partial charge in [-0.3, -0.25) is 0 Å². The monoisotopic (exact) mass is 469 g/mol. The van der Waals surface area contributed by atoms with Crippen LogP contribution in [0.5, 0.6) is 5.75 Å². The summed E-state index contributed by atoms with van der Waals surface area (Å²) in [5.41, 5.74) is 8.02. The summed E-state index contributed by atoms with van der Waals surface area (Å²) in [6.07, 6.45) is 1.14. The molecule has 0 unspecified atom stereocenters. The number of aromatic nitrogens is 1. The maximum atomic E-state index is 12.8. The van der Waals surface area contributed by atoms with Crippen LogP contribution in [0.25, 0.3) is 5.57 Å². The molecule has 0 aromatic carbocycles. The first kappa shape index (κ1) is 27.0. The van der Waals surface area contributed by atoms with Crippen molar-refractivity contribution in [1.29, 1.82) is 0 Å². The number of halogens is 3. The predicted molar refractivity (Wildman–Crippen MR) is 127 cm³/mol. The number of piperazine rings is 1. The second-order valence-electron chi connectivity index (χ2n) is 8.90. The van der Waals surface area contributed by atoms with Crippen molar-refractivity contribution in [2.75, 3.05) is 52.0 Å². The van der Waals surface area contributed by atoms with Crippen molar-refractivity contribution in [3.05, 3.63) is 36.3 Å². The first-order valence-corrected chi connectivity index (χ1v) is 11.6. The van der Waals surface area contributed by atoms with Crippen LogP contribution in [0.2, 0.25) is 0 Å². The minimum atomic E-state index is -4.83. The van der Waals surface area contributed by atoms with Crippen LogP contribution >= 0.6 is 0 Å². The molecular weight excluding hydrogens is 431 g/mol. The highest BCUT2D eigenvalue weighted by Crippen LogP contribution is 2.31. The Morgan fingerprint density at radius 3 is 2.55 bits per heavy atom. The summed E-state index contributed by atoms with van der Waals surface area (Å²) in [6, 6.07) is 1.32. The molecule has 0 bridgehead atoms. The summed E-state index contributed by atoms with van der Waals surface area (Å²) >= 11 is 0. The first-order valence-electron chi connectivity index (χ1n) is 11.6. The van der Waals surface area contributed by atoms with Gasteiger partial charge in [-0.25, -0.2) is 4.98 Å². The number of ether oxygens (including phenoxy) is 1. The van der Waals surface area contributed by atoms with Crippen LogP contribution in [0.1, 0.15) is 45.6 Å². The molecule has 9 heteroatoms. The fourth-order valence-electron chi connectivity index (χ4n) is 3.74. The van der Waals surface area contributed by atoms with Crippen molar-refractivity contribution in [3.63, 3.8) is 0 Å². The summed E-state index contributed by atoms with van der Waals surface area (Å²) in [5, 5.41) is 0. The maximum absolute atomic E-state index is 12.8. The van der Waals surface area contributed by atoms with Crippen molar-refractivity contribution in [1.82, 2.24) is 19.7 Å². The highest BCUT2D eigenvalue weighted by Gasteiger charge is 2.32. The average Bonchev–Trinajstić information content (AvgIpc) is 2.74. The average molecular weight is 470 g/mol. The van der Waals surface area contributed by atoms with Crippen LogP contribution < -0.4 is 10.5 Å². The van der Waals surface area contributed by atoms with E-state index in [1.54, 1.807) is 0 Å². The summed E-state index contributed by atoms with van der Waals surface area (Å²) in [4.78, 5) is 10.9. The molecule has 0 radical (unpaired) electrons. The van der Waals surface area contributed by atoms with Crippen LogP contribution in [-0.4, -0.2) is 72.4 Å². The number of rotatable bonds is 11. The Hall–Kier alpha value is -2.26. The molecule has 1 saturated heterocycles. The van der Waals surface area contributed by atoms with E-state index >= 15 is 0 Å². The zero-order valence-corrected chi connectivity index (χ0v) is 20.3. The van der Waals surface area contributed by atoms with E-state index in [0.29, 0.717) is 12.0 Å². The van der Waals surface area contributed by atoms with Crippen LogP contribution in [0.15, 0.2) is 30.7 Å². The number of hydrogen-bond acceptors (Lipinski definition) is 6. The maximum Gasteiger partial charge on any atom is 0.573 e. The normalized spacial score (nSPS) is 16.3. The van der Waals surface area contributed by atoms with Gasteiger partial charge >= 0.3 is 6.36 Å². The molecule has 1 aliphatic heterocycles. The van der Waals surface area contributed by atoms with Crippen molar-refractivity contribution >= 4 is 11.4 Å². The highest BCUT2D eigenvalue weighted by atomic mass is 19.4. The molecular formula is C24H38F3N5O. The third-order valence-corrected chi connectivity index (χ3v) is 5.81. The van der Waals surface area contributed by atoms with Gasteiger partial charge in [0.25, 0.3) is 0 Å². The lowest BCUT2D eigenvalue weighted by atomic mass is 10.0. The van der Waals surface area contributed by atoms with Crippen molar-refractivity contribution in [2.24, 2.45) is 5.92 Å². The number of allylic oxidation sites excluding steroid dienone is 2. The Morgan fingerprint density at radius 1 is 1.30 bits per heavy atom. The minimum absolute atomic E-state index is 0.237. The Morgan fingerprint density at radius 2 is 1.97 bits per heavy atom. The zero-order valence-electron chi connectivity index (χ0n) is 20.3. The number of nitrogen functional groups attached to an aromatic ring is 1. The number of hydrogen-bond donors (Lipinski definition) is 1. The Labute approximate surface area is 195 Å². The van der Waals surface area contributed by atoms with E-state index in [1.807, 2.05) is 13.1 Å². The van der Waals surface area contributed by atoms with Gasteiger partial charge in [-0.15, -0.1) is 13.2 Å². The van der Waals surface area contributed by atoms with E-state index in [-0.39, 0.29) is 11.7 Å². The molecule has 0 amide bonds. The van der Waals surface area contributed by atoms with Gasteiger partial charge in [0.05, 0.1) is 0 Å². The molecule has 6 nitrogen and oxygen atoms in total. The Balaban J connectivity index is 2.22. The fourth-order valence-corrected chi connectivity index (χ4v) is 3.74. The molecule has 0 aliphatic carbocycles. The zero-order chi connectivity index (χ0) is 24.6. The third kappa shape index (κ3) is 8.89. The van der Waals surface area contributed by atoms with Gasteiger partial charge < -0.3 is 25.2 Å². The quantitative estimate of drug-likeness (QED) is 0.502. The third-order valence-electron chi connectivity index (χ3n) is 5.81. The van der Waals surface area contributed by atoms with Crippen LogP contribution in [0, 0.1) is 5.92 Å². The SMILES string of the molecule is C=C(C(C)C)N(/C=C(\CCC)c1cnc(N)c(OC(F)(F)F)c1)CCCN1CCN(C)CC1. The summed E-state index contributed by atoms with van der Waals surface area (Å²) in [5.74, 6) is -0.532. The lowest BCUT2D eigenvalue weighted by Crippen LogP contribution is -2.45. The van der Waals surface area contributed by atoms with E-state index < -0.39 is 12.1 Å². The molecule has 1 aromatic heterocycles. The van der Waals surface area contributed by atoms with E-state index in [1.165, 1.54) is 12.3 Å². The first-order chi connectivity index (χ1) is 15.5. The molecule has 186 valence electrons. The van der Waals surface area contributed by atoms with E-state index in [4.69, 9.17) is 5.73 Å². The summed E-state index contributed by atoms with van der Waals surface area (Å²) in [6.45, 7) is 16.5. The van der Waals surface area contributed by atoms with E-state index in [0.717, 1.165) is 63.4 Å². The second-order valence-corrected chi connectivity index (χ2v) is 8.90. The summed E-state index contributed by atoms with van der Waals surface area (Å²) < 4.78 is 42.4. The van der Waals surface area contributed by atoms with Crippen molar-refractivity contribution in [3.8, 4) is 5.75 Å². The van der Waals surface area contributed by atoms with Crippen LogP contribution in [0.4, 0.5) is 19.0 Å². The number of nitrogens with two attached hydrogens (primary N) is 1. The van der Waals surface area contributed by atoms with Crippen LogP contribution in [0.3, 0.4) is 0 Å².